The molecule has 0 spiro atoms. The van der Waals surface area contributed by atoms with Crippen molar-refractivity contribution < 1.29 is 4.79 Å². The van der Waals surface area contributed by atoms with Crippen LogP contribution >= 0.6 is 0 Å². The molecule has 19 heavy (non-hydrogen) atoms. The van der Waals surface area contributed by atoms with Gasteiger partial charge in [0.05, 0.1) is 0 Å². The predicted octanol–water partition coefficient (Wildman–Crippen LogP) is 5.09. The summed E-state index contributed by atoms with van der Waals surface area (Å²) in [5.41, 5.74) is 3.92. The zero-order valence-corrected chi connectivity index (χ0v) is 12.4. The van der Waals surface area contributed by atoms with Crippen LogP contribution in [0.15, 0.2) is 18.2 Å². The lowest BCUT2D eigenvalue weighted by molar-refractivity contribution is -0.114. The SMILES string of the molecule is C.CC.CC(=O)Nc1cccc2c1C(C)CC2(C)C. The molecule has 1 unspecified atom stereocenters. The molecule has 0 heterocycles. The normalized spacial score (nSPS) is 18.5. The van der Waals surface area contributed by atoms with Crippen molar-refractivity contribution >= 4 is 11.6 Å². The van der Waals surface area contributed by atoms with Crippen molar-refractivity contribution in [3.63, 3.8) is 0 Å². The molecule has 1 aromatic rings. The van der Waals surface area contributed by atoms with Crippen molar-refractivity contribution in [2.45, 2.75) is 66.7 Å². The second kappa shape index (κ2) is 6.74. The highest BCUT2D eigenvalue weighted by Gasteiger charge is 2.35. The third-order valence-electron chi connectivity index (χ3n) is 3.46. The molecule has 0 aliphatic heterocycles. The quantitative estimate of drug-likeness (QED) is 0.751. The first-order chi connectivity index (χ1) is 8.42. The maximum atomic E-state index is 11.2. The first-order valence-corrected chi connectivity index (χ1v) is 6.83. The first kappa shape index (κ1) is 17.7. The van der Waals surface area contributed by atoms with E-state index in [-0.39, 0.29) is 18.7 Å². The van der Waals surface area contributed by atoms with Gasteiger partial charge in [-0.2, -0.15) is 0 Å². The summed E-state index contributed by atoms with van der Waals surface area (Å²) >= 11 is 0. The van der Waals surface area contributed by atoms with Crippen LogP contribution in [0.4, 0.5) is 5.69 Å². The molecular formula is C17H29NO. The Kier molecular flexibility index (Phi) is 6.28. The van der Waals surface area contributed by atoms with Gasteiger partial charge < -0.3 is 5.32 Å². The molecule has 2 nitrogen and oxygen atoms in total. The van der Waals surface area contributed by atoms with Crippen molar-refractivity contribution in [2.24, 2.45) is 0 Å². The van der Waals surface area contributed by atoms with Crippen LogP contribution in [0, 0.1) is 0 Å². The predicted molar refractivity (Wildman–Crippen MR) is 84.9 cm³/mol. The lowest BCUT2D eigenvalue weighted by Gasteiger charge is -2.19. The Balaban J connectivity index is 0.00000103. The van der Waals surface area contributed by atoms with E-state index in [0.717, 1.165) is 12.1 Å². The van der Waals surface area contributed by atoms with E-state index < -0.39 is 0 Å². The van der Waals surface area contributed by atoms with Crippen molar-refractivity contribution in [2.75, 3.05) is 5.32 Å². The number of benzene rings is 1. The van der Waals surface area contributed by atoms with Gasteiger partial charge in [0.25, 0.3) is 0 Å². The highest BCUT2D eigenvalue weighted by molar-refractivity contribution is 5.90. The lowest BCUT2D eigenvalue weighted by Crippen LogP contribution is -2.12. The minimum absolute atomic E-state index is 0. The summed E-state index contributed by atoms with van der Waals surface area (Å²) in [5, 5.41) is 2.93. The number of anilines is 1. The summed E-state index contributed by atoms with van der Waals surface area (Å²) in [4.78, 5) is 11.2. The summed E-state index contributed by atoms with van der Waals surface area (Å²) in [6.07, 6.45) is 1.15. The lowest BCUT2D eigenvalue weighted by atomic mass is 9.86. The van der Waals surface area contributed by atoms with Gasteiger partial charge in [0, 0.05) is 12.6 Å². The molecule has 1 amide bonds. The van der Waals surface area contributed by atoms with Crippen molar-refractivity contribution in [3.8, 4) is 0 Å². The molecule has 2 rings (SSSR count). The van der Waals surface area contributed by atoms with Gasteiger partial charge in [0.1, 0.15) is 0 Å². The molecule has 0 aromatic heterocycles. The Morgan fingerprint density at radius 2 is 1.89 bits per heavy atom. The van der Waals surface area contributed by atoms with Crippen LogP contribution in [0.25, 0.3) is 0 Å². The third kappa shape index (κ3) is 3.59. The van der Waals surface area contributed by atoms with Gasteiger partial charge in [-0.05, 0) is 34.9 Å². The van der Waals surface area contributed by atoms with Crippen molar-refractivity contribution in [1.82, 2.24) is 0 Å². The van der Waals surface area contributed by atoms with E-state index in [1.165, 1.54) is 11.1 Å². The molecule has 1 aliphatic rings. The monoisotopic (exact) mass is 263 g/mol. The van der Waals surface area contributed by atoms with Crippen LogP contribution in [-0.2, 0) is 10.2 Å². The van der Waals surface area contributed by atoms with Gasteiger partial charge in [-0.3, -0.25) is 4.79 Å². The van der Waals surface area contributed by atoms with E-state index in [9.17, 15) is 4.79 Å². The molecule has 1 aliphatic carbocycles. The number of nitrogens with one attached hydrogen (secondary N) is 1. The highest BCUT2D eigenvalue weighted by Crippen LogP contribution is 2.48. The van der Waals surface area contributed by atoms with Crippen molar-refractivity contribution in [1.29, 1.82) is 0 Å². The topological polar surface area (TPSA) is 29.1 Å². The van der Waals surface area contributed by atoms with E-state index in [2.05, 4.69) is 32.2 Å². The van der Waals surface area contributed by atoms with E-state index in [0.29, 0.717) is 5.92 Å². The van der Waals surface area contributed by atoms with Crippen LogP contribution < -0.4 is 5.32 Å². The zero-order chi connectivity index (χ0) is 13.9. The van der Waals surface area contributed by atoms with Crippen molar-refractivity contribution in [3.05, 3.63) is 29.3 Å². The molecule has 0 saturated carbocycles. The van der Waals surface area contributed by atoms with Crippen LogP contribution in [0.3, 0.4) is 0 Å². The summed E-state index contributed by atoms with van der Waals surface area (Å²) in [7, 11) is 0. The fourth-order valence-corrected chi connectivity index (χ4v) is 2.96. The Labute approximate surface area is 118 Å². The molecule has 108 valence electrons. The minimum atomic E-state index is 0. The van der Waals surface area contributed by atoms with Crippen LogP contribution in [0.1, 0.15) is 72.4 Å². The number of hydrogen-bond donors (Lipinski definition) is 1. The summed E-state index contributed by atoms with van der Waals surface area (Å²) in [6.45, 7) is 12.3. The highest BCUT2D eigenvalue weighted by atomic mass is 16.1. The maximum Gasteiger partial charge on any atom is 0.221 e. The average Bonchev–Trinajstić information content (AvgIpc) is 2.52. The number of rotatable bonds is 1. The van der Waals surface area contributed by atoms with Gasteiger partial charge in [-0.25, -0.2) is 0 Å². The number of fused-ring (bicyclic) bond motifs is 1. The zero-order valence-electron chi connectivity index (χ0n) is 12.4. The van der Waals surface area contributed by atoms with Gasteiger partial charge in [-0.1, -0.05) is 54.2 Å². The first-order valence-electron chi connectivity index (χ1n) is 6.83. The fourth-order valence-electron chi connectivity index (χ4n) is 2.96. The van der Waals surface area contributed by atoms with Crippen LogP contribution in [-0.4, -0.2) is 5.91 Å². The number of amides is 1. The molecule has 1 N–H and O–H groups in total. The Bertz CT molecular complexity index is 435. The van der Waals surface area contributed by atoms with Gasteiger partial charge in [0.15, 0.2) is 0 Å². The Morgan fingerprint density at radius 3 is 2.42 bits per heavy atom. The van der Waals surface area contributed by atoms with Gasteiger partial charge in [0.2, 0.25) is 5.91 Å². The maximum absolute atomic E-state index is 11.2. The molecule has 2 heteroatoms. The van der Waals surface area contributed by atoms with Gasteiger partial charge >= 0.3 is 0 Å². The molecule has 0 saturated heterocycles. The Morgan fingerprint density at radius 1 is 1.32 bits per heavy atom. The minimum Gasteiger partial charge on any atom is -0.326 e. The summed E-state index contributed by atoms with van der Waals surface area (Å²) in [6, 6.07) is 6.21. The average molecular weight is 263 g/mol. The summed E-state index contributed by atoms with van der Waals surface area (Å²) in [5.74, 6) is 0.526. The van der Waals surface area contributed by atoms with Crippen LogP contribution in [0.5, 0.6) is 0 Å². The number of carbonyl (C=O) groups is 1. The second-order valence-electron chi connectivity index (χ2n) is 5.44. The van der Waals surface area contributed by atoms with E-state index in [1.807, 2.05) is 26.0 Å². The number of hydrogen-bond acceptors (Lipinski definition) is 1. The Hall–Kier alpha value is -1.31. The largest absolute Gasteiger partial charge is 0.326 e. The molecule has 1 atom stereocenters. The van der Waals surface area contributed by atoms with Crippen LogP contribution in [0.2, 0.25) is 0 Å². The van der Waals surface area contributed by atoms with E-state index in [1.54, 1.807) is 6.92 Å². The molecule has 0 radical (unpaired) electrons. The molecular weight excluding hydrogens is 234 g/mol. The van der Waals surface area contributed by atoms with Gasteiger partial charge in [-0.15, -0.1) is 0 Å². The van der Waals surface area contributed by atoms with E-state index in [4.69, 9.17) is 0 Å². The van der Waals surface area contributed by atoms with E-state index >= 15 is 0 Å². The summed E-state index contributed by atoms with van der Waals surface area (Å²) < 4.78 is 0. The molecule has 0 fully saturated rings. The second-order valence-corrected chi connectivity index (χ2v) is 5.44. The molecule has 0 bridgehead atoms. The smallest absolute Gasteiger partial charge is 0.221 e. The fraction of sp³-hybridized carbons (Fsp3) is 0.588. The molecule has 1 aromatic carbocycles. The standard InChI is InChI=1S/C14H19NO.C2H6.CH4/c1-9-8-14(3,4)11-6-5-7-12(13(9)11)15-10(2)16;1-2;/h5-7,9H,8H2,1-4H3,(H,15,16);1-2H3;1H4. The number of carbonyl (C=O) groups excluding carboxylic acids is 1. The third-order valence-corrected chi connectivity index (χ3v) is 3.46.